The van der Waals surface area contributed by atoms with Crippen LogP contribution in [0.1, 0.15) is 0 Å². The average molecular weight is 178 g/mol. The van der Waals surface area contributed by atoms with Crippen LogP contribution < -0.4 is 0 Å². The fraction of sp³-hybridized carbons (Fsp3) is 0. The molecule has 1 aliphatic heterocycles. The van der Waals surface area contributed by atoms with E-state index >= 15 is 0 Å². The van der Waals surface area contributed by atoms with Crippen LogP contribution in [0.3, 0.4) is 0 Å². The summed E-state index contributed by atoms with van der Waals surface area (Å²) in [5.41, 5.74) is 0. The van der Waals surface area contributed by atoms with E-state index in [0.717, 1.165) is 0 Å². The monoisotopic (exact) mass is 178 g/mol. The van der Waals surface area contributed by atoms with Gasteiger partial charge in [0, 0.05) is 0 Å². The summed E-state index contributed by atoms with van der Waals surface area (Å²) in [6, 6.07) is 7.41. The highest BCUT2D eigenvalue weighted by Crippen LogP contribution is 2.41. The van der Waals surface area contributed by atoms with Gasteiger partial charge < -0.3 is 5.11 Å². The SMILES string of the molecule is Oc1ccc([SH]2C=CC=C2)cc1. The van der Waals surface area contributed by atoms with Crippen molar-refractivity contribution < 1.29 is 5.11 Å². The molecule has 0 unspecified atom stereocenters. The number of benzene rings is 1. The third-order valence-corrected chi connectivity index (χ3v) is 3.63. The van der Waals surface area contributed by atoms with Crippen LogP contribution in [-0.2, 0) is 0 Å². The molecule has 2 rings (SSSR count). The zero-order chi connectivity index (χ0) is 8.39. The van der Waals surface area contributed by atoms with Crippen molar-refractivity contribution in [3.05, 3.63) is 47.2 Å². The first-order valence-electron chi connectivity index (χ1n) is 3.78. The van der Waals surface area contributed by atoms with E-state index in [1.807, 2.05) is 12.1 Å². The van der Waals surface area contributed by atoms with E-state index in [0.29, 0.717) is 5.75 Å². The van der Waals surface area contributed by atoms with Gasteiger partial charge in [0.2, 0.25) is 0 Å². The Morgan fingerprint density at radius 2 is 1.50 bits per heavy atom. The third-order valence-electron chi connectivity index (χ3n) is 1.75. The van der Waals surface area contributed by atoms with Crippen LogP contribution in [-0.4, -0.2) is 5.11 Å². The Balaban J connectivity index is 2.29. The molecule has 0 atom stereocenters. The summed E-state index contributed by atoms with van der Waals surface area (Å²) >= 11 is 0. The number of rotatable bonds is 1. The first kappa shape index (κ1) is 7.50. The van der Waals surface area contributed by atoms with E-state index in [4.69, 9.17) is 5.11 Å². The van der Waals surface area contributed by atoms with E-state index in [2.05, 4.69) is 23.0 Å². The maximum Gasteiger partial charge on any atom is 0.115 e. The molecule has 0 amide bonds. The second-order valence-corrected chi connectivity index (χ2v) is 4.53. The second kappa shape index (κ2) is 3.07. The van der Waals surface area contributed by atoms with Gasteiger partial charge in [-0.25, -0.2) is 0 Å². The predicted octanol–water partition coefficient (Wildman–Crippen LogP) is 2.79. The summed E-state index contributed by atoms with van der Waals surface area (Å²) < 4.78 is 0. The number of phenols is 1. The Hall–Kier alpha value is -1.15. The fourth-order valence-corrected chi connectivity index (χ4v) is 2.64. The van der Waals surface area contributed by atoms with Gasteiger partial charge in [0.1, 0.15) is 5.75 Å². The molecule has 1 aromatic carbocycles. The maximum absolute atomic E-state index is 9.07. The Morgan fingerprint density at radius 1 is 0.917 bits per heavy atom. The van der Waals surface area contributed by atoms with Gasteiger partial charge in [-0.1, -0.05) is 12.2 Å². The lowest BCUT2D eigenvalue weighted by atomic mass is 10.3. The van der Waals surface area contributed by atoms with E-state index < -0.39 is 0 Å². The lowest BCUT2D eigenvalue weighted by Gasteiger charge is -2.09. The molecule has 12 heavy (non-hydrogen) atoms. The molecule has 0 saturated heterocycles. The van der Waals surface area contributed by atoms with Gasteiger partial charge in [0.25, 0.3) is 0 Å². The lowest BCUT2D eigenvalue weighted by Crippen LogP contribution is -1.72. The summed E-state index contributed by atoms with van der Waals surface area (Å²) in [5, 5.41) is 13.5. The molecule has 62 valence electrons. The summed E-state index contributed by atoms with van der Waals surface area (Å²) in [4.78, 5) is 1.28. The van der Waals surface area contributed by atoms with Crippen molar-refractivity contribution in [3.63, 3.8) is 0 Å². The van der Waals surface area contributed by atoms with E-state index in [1.54, 1.807) is 12.1 Å². The van der Waals surface area contributed by atoms with Crippen molar-refractivity contribution in [2.24, 2.45) is 0 Å². The molecule has 1 aliphatic rings. The minimum atomic E-state index is -0.225. The summed E-state index contributed by atoms with van der Waals surface area (Å²) in [5.74, 6) is 0.334. The van der Waals surface area contributed by atoms with Crippen molar-refractivity contribution in [1.29, 1.82) is 0 Å². The highest BCUT2D eigenvalue weighted by Gasteiger charge is 2.01. The predicted molar refractivity (Wildman–Crippen MR) is 53.6 cm³/mol. The van der Waals surface area contributed by atoms with Crippen molar-refractivity contribution in [1.82, 2.24) is 0 Å². The van der Waals surface area contributed by atoms with Gasteiger partial charge in [0.05, 0.1) is 0 Å². The average Bonchev–Trinajstić information content (AvgIpc) is 2.58. The van der Waals surface area contributed by atoms with Crippen LogP contribution in [0, 0.1) is 0 Å². The fourth-order valence-electron chi connectivity index (χ4n) is 1.13. The second-order valence-electron chi connectivity index (χ2n) is 2.61. The molecule has 0 radical (unpaired) electrons. The van der Waals surface area contributed by atoms with Crippen LogP contribution in [0.2, 0.25) is 0 Å². The number of phenolic OH excluding ortho intramolecular Hbond substituents is 1. The van der Waals surface area contributed by atoms with Gasteiger partial charge >= 0.3 is 0 Å². The minimum absolute atomic E-state index is 0.225. The minimum Gasteiger partial charge on any atom is -0.508 e. The van der Waals surface area contributed by atoms with Gasteiger partial charge in [-0.05, 0) is 40.0 Å². The molecule has 0 fully saturated rings. The number of hydrogen-bond acceptors (Lipinski definition) is 1. The summed E-state index contributed by atoms with van der Waals surface area (Å²) in [6.07, 6.45) is 4.14. The molecule has 1 heterocycles. The van der Waals surface area contributed by atoms with Gasteiger partial charge in [-0.2, -0.15) is 10.9 Å². The smallest absolute Gasteiger partial charge is 0.115 e. The Labute approximate surface area is 74.4 Å². The summed E-state index contributed by atoms with van der Waals surface area (Å²) in [7, 11) is -0.225. The van der Waals surface area contributed by atoms with Crippen LogP contribution in [0.4, 0.5) is 0 Å². The van der Waals surface area contributed by atoms with Crippen LogP contribution in [0.15, 0.2) is 52.1 Å². The Morgan fingerprint density at radius 3 is 2.08 bits per heavy atom. The van der Waals surface area contributed by atoms with E-state index in [9.17, 15) is 0 Å². The highest BCUT2D eigenvalue weighted by atomic mass is 32.2. The molecule has 0 spiro atoms. The number of aromatic hydroxyl groups is 1. The zero-order valence-corrected chi connectivity index (χ0v) is 7.41. The molecule has 1 aromatic rings. The van der Waals surface area contributed by atoms with Crippen molar-refractivity contribution >= 4 is 10.9 Å². The first-order valence-corrected chi connectivity index (χ1v) is 5.26. The Kier molecular flexibility index (Phi) is 1.92. The number of allylic oxidation sites excluding steroid dienone is 2. The van der Waals surface area contributed by atoms with Crippen LogP contribution >= 0.6 is 10.9 Å². The Bertz CT molecular complexity index is 312. The van der Waals surface area contributed by atoms with E-state index in [1.165, 1.54) is 4.90 Å². The maximum atomic E-state index is 9.07. The normalized spacial score (nSPS) is 17.2. The number of thiol groups is 1. The van der Waals surface area contributed by atoms with Gasteiger partial charge in [0.15, 0.2) is 0 Å². The van der Waals surface area contributed by atoms with Crippen LogP contribution in [0.25, 0.3) is 0 Å². The van der Waals surface area contributed by atoms with Gasteiger partial charge in [-0.3, -0.25) is 0 Å². The van der Waals surface area contributed by atoms with Crippen molar-refractivity contribution in [2.45, 2.75) is 4.90 Å². The van der Waals surface area contributed by atoms with Crippen LogP contribution in [0.5, 0.6) is 5.75 Å². The summed E-state index contributed by atoms with van der Waals surface area (Å²) in [6.45, 7) is 0. The van der Waals surface area contributed by atoms with Crippen molar-refractivity contribution in [3.8, 4) is 5.75 Å². The van der Waals surface area contributed by atoms with Crippen molar-refractivity contribution in [2.75, 3.05) is 0 Å². The third kappa shape index (κ3) is 1.38. The molecule has 1 nitrogen and oxygen atoms in total. The topological polar surface area (TPSA) is 20.2 Å². The molecule has 0 aromatic heterocycles. The molecule has 1 N–H and O–H groups in total. The standard InChI is InChI=1S/C10H10OS/c11-9-3-5-10(6-4-9)12-7-1-2-8-12/h1-8,11-12H. The quantitative estimate of drug-likeness (QED) is 0.634. The highest BCUT2D eigenvalue weighted by molar-refractivity contribution is 8.22. The molecular weight excluding hydrogens is 168 g/mol. The first-order chi connectivity index (χ1) is 5.86. The molecular formula is C10H10OS. The zero-order valence-electron chi connectivity index (χ0n) is 6.51. The van der Waals surface area contributed by atoms with E-state index in [-0.39, 0.29) is 10.9 Å². The molecule has 0 saturated carbocycles. The van der Waals surface area contributed by atoms with Gasteiger partial charge in [-0.15, -0.1) is 0 Å². The molecule has 0 bridgehead atoms. The lowest BCUT2D eigenvalue weighted by molar-refractivity contribution is 0.475. The molecule has 2 heteroatoms. The largest absolute Gasteiger partial charge is 0.508 e. The number of hydrogen-bond donors (Lipinski definition) is 2. The molecule has 0 aliphatic carbocycles.